The molecular weight excluding hydrogens is 307 g/mol. The Kier molecular flexibility index (Phi) is 2.75. The summed E-state index contributed by atoms with van der Waals surface area (Å²) in [5, 5.41) is 0. The molecule has 0 bridgehead atoms. The quantitative estimate of drug-likeness (QED) is 0.320. The average Bonchev–Trinajstić information content (AvgIpc) is 2.28. The topological polar surface area (TPSA) is 26.3 Å². The number of alkyl halides is 5. The lowest BCUT2D eigenvalue weighted by molar-refractivity contribution is -0.226. The van der Waals surface area contributed by atoms with Crippen molar-refractivity contribution in [3.8, 4) is 0 Å². The van der Waals surface area contributed by atoms with Gasteiger partial charge in [-0.3, -0.25) is 0 Å². The first kappa shape index (κ1) is 11.0. The molecule has 1 heterocycles. The third-order valence-electron chi connectivity index (χ3n) is 1.73. The summed E-state index contributed by atoms with van der Waals surface area (Å²) in [6.45, 7) is 0. The number of ether oxygens (including phenoxy) is 1. The highest BCUT2D eigenvalue weighted by Gasteiger charge is 2.67. The van der Waals surface area contributed by atoms with Crippen LogP contribution in [0.25, 0.3) is 0 Å². The van der Waals surface area contributed by atoms with E-state index in [1.807, 2.05) is 0 Å². The van der Waals surface area contributed by atoms with Crippen LogP contribution in [0.15, 0.2) is 0 Å². The molecule has 2 atom stereocenters. The molecule has 0 aromatic heterocycles. The molecule has 1 fully saturated rings. The molecule has 0 aromatic rings. The fourth-order valence-corrected chi connectivity index (χ4v) is 1.49. The summed E-state index contributed by atoms with van der Waals surface area (Å²) in [7, 11) is 0. The zero-order valence-electron chi connectivity index (χ0n) is 6.20. The molecule has 0 N–H and O–H groups in total. The second kappa shape index (κ2) is 3.25. The number of hydrogen-bond acceptors (Lipinski definition) is 2. The highest BCUT2D eigenvalue weighted by Crippen LogP contribution is 2.43. The summed E-state index contributed by atoms with van der Waals surface area (Å²) in [6, 6.07) is 0. The van der Waals surface area contributed by atoms with Gasteiger partial charge in [0.15, 0.2) is 0 Å². The van der Waals surface area contributed by atoms with Crippen molar-refractivity contribution in [1.82, 2.24) is 0 Å². The molecule has 0 aliphatic carbocycles. The Bertz CT molecular complexity index is 229. The monoisotopic (exact) mass is 312 g/mol. The molecule has 1 aliphatic heterocycles. The summed E-state index contributed by atoms with van der Waals surface area (Å²) < 4.78 is 53.5. The van der Waals surface area contributed by atoms with Gasteiger partial charge in [0.05, 0.1) is 0 Å². The first-order valence-corrected chi connectivity index (χ1v) is 4.86. The molecule has 7 heteroatoms. The van der Waals surface area contributed by atoms with Crippen molar-refractivity contribution in [2.45, 2.75) is 24.4 Å². The molecule has 1 aliphatic rings. The number of carbonyl (C=O) groups is 1. The lowest BCUT2D eigenvalue weighted by Gasteiger charge is -2.17. The predicted molar refractivity (Wildman–Crippen MR) is 43.3 cm³/mol. The van der Waals surface area contributed by atoms with Crippen LogP contribution in [0.2, 0.25) is 0 Å². The van der Waals surface area contributed by atoms with Gasteiger partial charge < -0.3 is 4.74 Å². The Balaban J connectivity index is 2.87. The van der Waals surface area contributed by atoms with Crippen molar-refractivity contribution < 1.29 is 27.1 Å². The average molecular weight is 312 g/mol. The first-order chi connectivity index (χ1) is 5.81. The number of carbonyl (C=O) groups excluding carboxylic acids is 1. The second-order valence-corrected chi connectivity index (χ2v) is 3.57. The molecule has 0 amide bonds. The van der Waals surface area contributed by atoms with Gasteiger partial charge in [-0.15, -0.1) is 0 Å². The standard InChI is InChI=1S/C6H5F4IO2/c7-5(6(8,9)10)1-3(2-11)13-4(5)12/h3H,1-2H2/t3-,5-/m1/s1. The predicted octanol–water partition coefficient (Wildman–Crippen LogP) is 2.01. The minimum Gasteiger partial charge on any atom is -0.459 e. The van der Waals surface area contributed by atoms with E-state index in [0.717, 1.165) is 0 Å². The van der Waals surface area contributed by atoms with Gasteiger partial charge in [0.2, 0.25) is 0 Å². The van der Waals surface area contributed by atoms with Crippen molar-refractivity contribution in [2.24, 2.45) is 0 Å². The Labute approximate surface area is 84.8 Å². The highest BCUT2D eigenvalue weighted by molar-refractivity contribution is 14.1. The van der Waals surface area contributed by atoms with E-state index < -0.39 is 30.3 Å². The van der Waals surface area contributed by atoms with Crippen molar-refractivity contribution >= 4 is 28.6 Å². The van der Waals surface area contributed by atoms with E-state index in [-0.39, 0.29) is 4.43 Å². The summed E-state index contributed by atoms with van der Waals surface area (Å²) in [4.78, 5) is 10.6. The zero-order valence-corrected chi connectivity index (χ0v) is 8.36. The van der Waals surface area contributed by atoms with Crippen molar-refractivity contribution in [2.75, 3.05) is 4.43 Å². The Morgan fingerprint density at radius 3 is 2.38 bits per heavy atom. The lowest BCUT2D eigenvalue weighted by Crippen LogP contribution is -2.44. The van der Waals surface area contributed by atoms with Crippen LogP contribution in [0.4, 0.5) is 17.6 Å². The van der Waals surface area contributed by atoms with Crippen LogP contribution in [0, 0.1) is 0 Å². The number of cyclic esters (lactones) is 1. The Hall–Kier alpha value is -0.0800. The molecule has 1 saturated heterocycles. The Morgan fingerprint density at radius 1 is 1.62 bits per heavy atom. The van der Waals surface area contributed by atoms with Gasteiger partial charge >= 0.3 is 17.8 Å². The number of hydrogen-bond donors (Lipinski definition) is 0. The van der Waals surface area contributed by atoms with E-state index in [9.17, 15) is 22.4 Å². The summed E-state index contributed by atoms with van der Waals surface area (Å²) in [6.07, 6.45) is -7.08. The maximum Gasteiger partial charge on any atom is 0.433 e. The van der Waals surface area contributed by atoms with E-state index in [2.05, 4.69) is 4.74 Å². The van der Waals surface area contributed by atoms with Gasteiger partial charge in [-0.1, -0.05) is 22.6 Å². The number of halogens is 5. The van der Waals surface area contributed by atoms with E-state index in [1.165, 1.54) is 0 Å². The van der Waals surface area contributed by atoms with E-state index in [4.69, 9.17) is 0 Å². The summed E-state index contributed by atoms with van der Waals surface area (Å²) in [5.74, 6) is -1.82. The second-order valence-electron chi connectivity index (χ2n) is 2.68. The van der Waals surface area contributed by atoms with Gasteiger partial charge in [-0.2, -0.15) is 13.2 Å². The lowest BCUT2D eigenvalue weighted by atomic mass is 10.0. The number of rotatable bonds is 1. The van der Waals surface area contributed by atoms with Crippen LogP contribution in [0.5, 0.6) is 0 Å². The molecule has 0 unspecified atom stereocenters. The fourth-order valence-electron chi connectivity index (χ4n) is 1.00. The van der Waals surface area contributed by atoms with Crippen LogP contribution in [-0.2, 0) is 9.53 Å². The largest absolute Gasteiger partial charge is 0.459 e. The molecule has 13 heavy (non-hydrogen) atoms. The van der Waals surface area contributed by atoms with E-state index in [1.54, 1.807) is 22.6 Å². The minimum absolute atomic E-state index is 0.158. The summed E-state index contributed by atoms with van der Waals surface area (Å²) in [5.41, 5.74) is -3.80. The molecule has 0 saturated carbocycles. The van der Waals surface area contributed by atoms with E-state index in [0.29, 0.717) is 0 Å². The van der Waals surface area contributed by atoms with Crippen LogP contribution < -0.4 is 0 Å². The fraction of sp³-hybridized carbons (Fsp3) is 0.833. The smallest absolute Gasteiger partial charge is 0.433 e. The SMILES string of the molecule is O=C1O[C@@H](CI)C[C@]1(F)C(F)(F)F. The normalized spacial score (nSPS) is 34.8. The van der Waals surface area contributed by atoms with Crippen molar-refractivity contribution in [3.63, 3.8) is 0 Å². The molecule has 1 rings (SSSR count). The molecule has 0 radical (unpaired) electrons. The molecule has 2 nitrogen and oxygen atoms in total. The first-order valence-electron chi connectivity index (χ1n) is 3.34. The van der Waals surface area contributed by atoms with E-state index >= 15 is 0 Å². The molecular formula is C6H5F4IO2. The summed E-state index contributed by atoms with van der Waals surface area (Å²) >= 11 is 1.73. The van der Waals surface area contributed by atoms with Crippen LogP contribution in [-0.4, -0.2) is 28.3 Å². The molecule has 0 spiro atoms. The highest BCUT2D eigenvalue weighted by atomic mass is 127. The third kappa shape index (κ3) is 1.75. The van der Waals surface area contributed by atoms with Gasteiger partial charge in [-0.05, 0) is 0 Å². The van der Waals surface area contributed by atoms with Gasteiger partial charge in [0.1, 0.15) is 6.10 Å². The van der Waals surface area contributed by atoms with Gasteiger partial charge in [0.25, 0.3) is 0 Å². The Morgan fingerprint density at radius 2 is 2.15 bits per heavy atom. The van der Waals surface area contributed by atoms with Crippen LogP contribution >= 0.6 is 22.6 Å². The van der Waals surface area contributed by atoms with Crippen LogP contribution in [0.3, 0.4) is 0 Å². The maximum atomic E-state index is 13.0. The van der Waals surface area contributed by atoms with Crippen LogP contribution in [0.1, 0.15) is 6.42 Å². The molecule has 0 aromatic carbocycles. The molecule has 76 valence electrons. The maximum absolute atomic E-state index is 13.0. The van der Waals surface area contributed by atoms with Gasteiger partial charge in [0, 0.05) is 10.8 Å². The van der Waals surface area contributed by atoms with Crippen molar-refractivity contribution in [3.05, 3.63) is 0 Å². The van der Waals surface area contributed by atoms with Crippen molar-refractivity contribution in [1.29, 1.82) is 0 Å². The van der Waals surface area contributed by atoms with Gasteiger partial charge in [-0.25, -0.2) is 9.18 Å². The minimum atomic E-state index is -5.18. The number of esters is 1. The zero-order chi connectivity index (χ0) is 10.3. The third-order valence-corrected chi connectivity index (χ3v) is 2.71.